The number of aryl methyl sites for hydroxylation is 2. The van der Waals surface area contributed by atoms with Crippen molar-refractivity contribution in [2.45, 2.75) is 97.0 Å². The number of ether oxygens (including phenoxy) is 1. The van der Waals surface area contributed by atoms with Crippen LogP contribution in [0.1, 0.15) is 100 Å². The highest BCUT2D eigenvalue weighted by molar-refractivity contribution is 5.34. The molecule has 1 unspecified atom stereocenters. The normalized spacial score (nSPS) is 33.0. The third kappa shape index (κ3) is 4.99. The fourth-order valence-corrected chi connectivity index (χ4v) is 6.15. The molecular formula is C26H39FO. The van der Waals surface area contributed by atoms with Gasteiger partial charge in [0.15, 0.2) is 0 Å². The average Bonchev–Trinajstić information content (AvgIpc) is 3.55. The second-order valence-corrected chi connectivity index (χ2v) is 10.0. The molecule has 1 aromatic rings. The summed E-state index contributed by atoms with van der Waals surface area (Å²) in [5.41, 5.74) is 3.21. The highest BCUT2D eigenvalue weighted by atomic mass is 19.1. The molecular weight excluding hydrogens is 347 g/mol. The van der Waals surface area contributed by atoms with Crippen molar-refractivity contribution in [3.05, 3.63) is 34.6 Å². The first kappa shape index (κ1) is 20.4. The van der Waals surface area contributed by atoms with E-state index in [9.17, 15) is 4.39 Å². The van der Waals surface area contributed by atoms with Gasteiger partial charge in [0.2, 0.25) is 0 Å². The zero-order valence-corrected chi connectivity index (χ0v) is 18.0. The van der Waals surface area contributed by atoms with Gasteiger partial charge in [0.25, 0.3) is 0 Å². The highest BCUT2D eigenvalue weighted by Gasteiger charge is 2.31. The summed E-state index contributed by atoms with van der Waals surface area (Å²) in [6.45, 7) is 5.14. The molecule has 4 rings (SSSR count). The van der Waals surface area contributed by atoms with Gasteiger partial charge in [0, 0.05) is 5.56 Å². The fraction of sp³-hybridized carbons (Fsp3) is 0.769. The Morgan fingerprint density at radius 1 is 0.893 bits per heavy atom. The molecule has 2 saturated carbocycles. The van der Waals surface area contributed by atoms with Gasteiger partial charge in [-0.15, -0.1) is 0 Å². The topological polar surface area (TPSA) is 12.5 Å². The molecule has 1 saturated heterocycles. The van der Waals surface area contributed by atoms with E-state index in [1.807, 2.05) is 6.07 Å². The van der Waals surface area contributed by atoms with Gasteiger partial charge in [-0.3, -0.25) is 0 Å². The lowest BCUT2D eigenvalue weighted by molar-refractivity contribution is 0.141. The van der Waals surface area contributed by atoms with Gasteiger partial charge in [-0.1, -0.05) is 51.5 Å². The van der Waals surface area contributed by atoms with Crippen LogP contribution in [0.25, 0.3) is 0 Å². The first-order valence-electron chi connectivity index (χ1n) is 12.0. The quantitative estimate of drug-likeness (QED) is 0.441. The maximum Gasteiger partial charge on any atom is 0.129 e. The largest absolute Gasteiger partial charge is 0.368 e. The summed E-state index contributed by atoms with van der Waals surface area (Å²) >= 11 is 0. The Morgan fingerprint density at radius 2 is 1.46 bits per heavy atom. The maximum atomic E-state index is 14.3. The van der Waals surface area contributed by atoms with Crippen LogP contribution in [0.5, 0.6) is 0 Å². The maximum absolute atomic E-state index is 14.3. The number of benzene rings is 1. The van der Waals surface area contributed by atoms with E-state index in [-0.39, 0.29) is 11.9 Å². The van der Waals surface area contributed by atoms with Crippen LogP contribution in [0.2, 0.25) is 0 Å². The van der Waals surface area contributed by atoms with Crippen molar-refractivity contribution in [3.8, 4) is 0 Å². The Labute approximate surface area is 171 Å². The summed E-state index contributed by atoms with van der Waals surface area (Å²) in [5, 5.41) is 0. The SMILES string of the molecule is CCCC1CCC(C2CCC(CCc3cc(F)c(C4CO4)cc3C)CC2)CC1. The lowest BCUT2D eigenvalue weighted by atomic mass is 9.68. The van der Waals surface area contributed by atoms with Crippen LogP contribution in [-0.4, -0.2) is 6.61 Å². The second-order valence-electron chi connectivity index (χ2n) is 10.0. The van der Waals surface area contributed by atoms with Gasteiger partial charge in [0.05, 0.1) is 6.61 Å². The molecule has 2 heteroatoms. The summed E-state index contributed by atoms with van der Waals surface area (Å²) in [4.78, 5) is 0. The van der Waals surface area contributed by atoms with Crippen LogP contribution in [0.3, 0.4) is 0 Å². The van der Waals surface area contributed by atoms with Crippen molar-refractivity contribution in [1.29, 1.82) is 0 Å². The number of rotatable bonds is 7. The highest BCUT2D eigenvalue weighted by Crippen LogP contribution is 2.43. The Balaban J connectivity index is 1.21. The summed E-state index contributed by atoms with van der Waals surface area (Å²) < 4.78 is 19.6. The molecule has 1 atom stereocenters. The van der Waals surface area contributed by atoms with E-state index in [1.54, 1.807) is 6.07 Å². The molecule has 0 aromatic heterocycles. The molecule has 1 nitrogen and oxygen atoms in total. The molecule has 1 heterocycles. The lowest BCUT2D eigenvalue weighted by Gasteiger charge is -2.38. The minimum absolute atomic E-state index is 0.0140. The molecule has 0 N–H and O–H groups in total. The van der Waals surface area contributed by atoms with Crippen molar-refractivity contribution in [2.75, 3.05) is 6.61 Å². The van der Waals surface area contributed by atoms with Crippen LogP contribution in [-0.2, 0) is 11.2 Å². The van der Waals surface area contributed by atoms with Crippen LogP contribution < -0.4 is 0 Å². The Bertz CT molecular complexity index is 634. The van der Waals surface area contributed by atoms with Gasteiger partial charge in [-0.05, 0) is 86.3 Å². The molecule has 0 spiro atoms. The van der Waals surface area contributed by atoms with Gasteiger partial charge in [-0.25, -0.2) is 4.39 Å². The third-order valence-corrected chi connectivity index (χ3v) is 8.10. The van der Waals surface area contributed by atoms with E-state index >= 15 is 0 Å². The molecule has 3 aliphatic rings. The van der Waals surface area contributed by atoms with Crippen molar-refractivity contribution < 1.29 is 9.13 Å². The number of halogens is 1. The van der Waals surface area contributed by atoms with Crippen LogP contribution in [0.4, 0.5) is 4.39 Å². The van der Waals surface area contributed by atoms with Gasteiger partial charge in [0.1, 0.15) is 11.9 Å². The minimum atomic E-state index is -0.0644. The Kier molecular flexibility index (Phi) is 6.76. The molecule has 28 heavy (non-hydrogen) atoms. The van der Waals surface area contributed by atoms with E-state index in [0.29, 0.717) is 6.61 Å². The predicted octanol–water partition coefficient (Wildman–Crippen LogP) is 7.55. The van der Waals surface area contributed by atoms with Crippen molar-refractivity contribution in [2.24, 2.45) is 23.7 Å². The monoisotopic (exact) mass is 386 g/mol. The summed E-state index contributed by atoms with van der Waals surface area (Å²) in [6, 6.07) is 3.81. The molecule has 156 valence electrons. The molecule has 3 fully saturated rings. The van der Waals surface area contributed by atoms with Crippen LogP contribution in [0, 0.1) is 36.4 Å². The number of hydrogen-bond acceptors (Lipinski definition) is 1. The zero-order chi connectivity index (χ0) is 19.5. The minimum Gasteiger partial charge on any atom is -0.368 e. The standard InChI is InChI=1S/C26H39FO/c1-3-4-19-5-10-21(11-6-19)22-12-7-20(8-13-22)9-14-23-16-25(27)24(15-18(23)2)26-17-28-26/h15-16,19-22,26H,3-14,17H2,1-2H3. The zero-order valence-electron chi connectivity index (χ0n) is 18.0. The Morgan fingerprint density at radius 3 is 2.00 bits per heavy atom. The molecule has 1 aromatic carbocycles. The van der Waals surface area contributed by atoms with E-state index in [1.165, 1.54) is 81.8 Å². The fourth-order valence-electron chi connectivity index (χ4n) is 6.15. The summed E-state index contributed by atoms with van der Waals surface area (Å²) in [5.74, 6) is 3.82. The molecule has 0 amide bonds. The van der Waals surface area contributed by atoms with Gasteiger partial charge >= 0.3 is 0 Å². The van der Waals surface area contributed by atoms with Gasteiger partial charge in [-0.2, -0.15) is 0 Å². The smallest absolute Gasteiger partial charge is 0.129 e. The number of hydrogen-bond donors (Lipinski definition) is 0. The van der Waals surface area contributed by atoms with E-state index in [0.717, 1.165) is 35.7 Å². The second kappa shape index (κ2) is 9.28. The first-order valence-corrected chi connectivity index (χ1v) is 12.0. The molecule has 1 aliphatic heterocycles. The van der Waals surface area contributed by atoms with E-state index in [4.69, 9.17) is 4.74 Å². The summed E-state index contributed by atoms with van der Waals surface area (Å²) in [7, 11) is 0. The predicted molar refractivity (Wildman–Crippen MR) is 114 cm³/mol. The van der Waals surface area contributed by atoms with E-state index < -0.39 is 0 Å². The van der Waals surface area contributed by atoms with E-state index in [2.05, 4.69) is 13.8 Å². The first-order chi connectivity index (χ1) is 13.6. The van der Waals surface area contributed by atoms with Crippen LogP contribution >= 0.6 is 0 Å². The average molecular weight is 387 g/mol. The van der Waals surface area contributed by atoms with Crippen LogP contribution in [0.15, 0.2) is 12.1 Å². The van der Waals surface area contributed by atoms with Crippen molar-refractivity contribution in [3.63, 3.8) is 0 Å². The number of epoxide rings is 1. The molecule has 2 aliphatic carbocycles. The Hall–Kier alpha value is -0.890. The lowest BCUT2D eigenvalue weighted by Crippen LogP contribution is -2.26. The van der Waals surface area contributed by atoms with Crippen molar-refractivity contribution in [1.82, 2.24) is 0 Å². The summed E-state index contributed by atoms with van der Waals surface area (Å²) in [6.07, 6.45) is 16.8. The molecule has 0 radical (unpaired) electrons. The third-order valence-electron chi connectivity index (χ3n) is 8.10. The van der Waals surface area contributed by atoms with Crippen molar-refractivity contribution >= 4 is 0 Å². The molecule has 0 bridgehead atoms. The van der Waals surface area contributed by atoms with Gasteiger partial charge < -0.3 is 4.74 Å².